The van der Waals surface area contributed by atoms with Crippen LogP contribution in [-0.4, -0.2) is 117 Å². The van der Waals surface area contributed by atoms with Crippen molar-refractivity contribution in [3.05, 3.63) is 12.7 Å². The highest BCUT2D eigenvalue weighted by Crippen LogP contribution is 2.41. The molecule has 0 aliphatic heterocycles. The van der Waals surface area contributed by atoms with Crippen molar-refractivity contribution in [2.75, 3.05) is 39.6 Å². The van der Waals surface area contributed by atoms with Crippen LogP contribution in [-0.2, 0) is 25.9 Å². The van der Waals surface area contributed by atoms with E-state index in [4.69, 9.17) is 36.1 Å². The molecule has 0 rings (SSSR count). The van der Waals surface area contributed by atoms with E-state index in [1.807, 2.05) is 0 Å². The highest BCUT2D eigenvalue weighted by Gasteiger charge is 2.54. The molecule has 2 N–H and O–H groups in total. The number of ether oxygens (including phenoxy) is 2. The van der Waals surface area contributed by atoms with E-state index < -0.39 is 117 Å². The normalized spacial score (nSPS) is 17.5. The van der Waals surface area contributed by atoms with E-state index in [1.54, 1.807) is 26.1 Å². The third-order valence-corrected chi connectivity index (χ3v) is 30.5. The summed E-state index contributed by atoms with van der Waals surface area (Å²) >= 11 is 0. The van der Waals surface area contributed by atoms with Crippen molar-refractivity contribution in [1.29, 1.82) is 0 Å². The summed E-state index contributed by atoms with van der Waals surface area (Å²) in [5.41, 5.74) is 0. The summed E-state index contributed by atoms with van der Waals surface area (Å²) < 4.78 is 197. The smallest absolute Gasteiger partial charge is 0.389 e. The highest BCUT2D eigenvalue weighted by atomic mass is 28.5. The summed E-state index contributed by atoms with van der Waals surface area (Å²) in [6.45, 7) is 14.5. The van der Waals surface area contributed by atoms with Crippen LogP contribution in [0.4, 0.5) is 52.7 Å². The number of hydrogen-bond donors (Lipinski definition) is 2. The third-order valence-electron chi connectivity index (χ3n) is 8.18. The van der Waals surface area contributed by atoms with E-state index in [9.17, 15) is 52.7 Å². The minimum absolute atomic E-state index is 0.0557. The van der Waals surface area contributed by atoms with Gasteiger partial charge in [-0.3, -0.25) is 0 Å². The number of unbranched alkanes of at least 4 members (excludes halogenated alkanes) is 1. The highest BCUT2D eigenvalue weighted by molar-refractivity contribution is 6.91. The molecule has 0 heterocycles. The Morgan fingerprint density at radius 2 is 0.877 bits per heavy atom. The SMILES string of the molecule is C=CCOCCO.CCCC[Si](C)(CCC(F)(F)F)O[Si](C)(CCC(F)(F)F)O[Si](C)(CCC(F)(F)F)O[Si](C)(CCC(F)(F)F)O[Si](C)(C)CCCOCCO. The lowest BCUT2D eigenvalue weighted by Crippen LogP contribution is -2.62. The number of alkyl halides is 12. The molecule has 0 aromatic heterocycles. The van der Waals surface area contributed by atoms with Gasteiger partial charge in [0.1, 0.15) is 0 Å². The Morgan fingerprint density at radius 3 is 1.26 bits per heavy atom. The topological polar surface area (TPSA) is 95.8 Å². The van der Waals surface area contributed by atoms with Gasteiger partial charge >= 0.3 is 50.4 Å². The predicted octanol–water partition coefficient (Wildman–Crippen LogP) is 11.2. The number of rotatable bonds is 29. The van der Waals surface area contributed by atoms with Gasteiger partial charge in [-0.15, -0.1) is 6.58 Å². The van der Waals surface area contributed by atoms with Crippen LogP contribution in [0.1, 0.15) is 51.9 Å². The lowest BCUT2D eigenvalue weighted by molar-refractivity contribution is -0.132. The van der Waals surface area contributed by atoms with Crippen LogP contribution in [0.25, 0.3) is 0 Å². The number of aliphatic hydroxyl groups is 2. The number of halogens is 12. The standard InChI is InChI=1S/C27H54F12O6Si5.C5H10O2/c1-8-9-19-47(4,20-11-24(28,29)30)43-49(6,22-13-26(34,35)36)45-50(7,23-14-27(37,38)39)44-48(5,21-12-25(31,32)33)42-46(2,3)18-10-16-41-17-15-40;1-2-4-7-5-3-6/h40H,8-23H2,1-7H3;2,6H,1,3-5H2. The van der Waals surface area contributed by atoms with Gasteiger partial charge in [-0.1, -0.05) is 25.8 Å². The fourth-order valence-electron chi connectivity index (χ4n) is 5.73. The molecule has 0 radical (unpaired) electrons. The molecule has 25 heteroatoms. The molecule has 0 aliphatic rings. The number of hydrogen-bond acceptors (Lipinski definition) is 8. The Balaban J connectivity index is 0. The summed E-state index contributed by atoms with van der Waals surface area (Å²) in [5, 5.41) is 17.0. The van der Waals surface area contributed by atoms with Crippen LogP contribution in [0.3, 0.4) is 0 Å². The molecule has 8 nitrogen and oxygen atoms in total. The molecule has 0 spiro atoms. The lowest BCUT2D eigenvalue weighted by atomic mass is 10.4. The summed E-state index contributed by atoms with van der Waals surface area (Å²) in [6, 6.07) is -2.62. The Labute approximate surface area is 335 Å². The third kappa shape index (κ3) is 34.0. The van der Waals surface area contributed by atoms with Gasteiger partial charge in [-0.05, 0) is 82.0 Å². The predicted molar refractivity (Wildman–Crippen MR) is 205 cm³/mol. The maximum atomic E-state index is 13.6. The fourth-order valence-corrected chi connectivity index (χ4v) is 32.6. The first-order valence-electron chi connectivity index (χ1n) is 18.7. The molecule has 0 saturated heterocycles. The summed E-state index contributed by atoms with van der Waals surface area (Å²) in [4.78, 5) is 0. The average molecular weight is 945 g/mol. The van der Waals surface area contributed by atoms with Crippen molar-refractivity contribution in [3.63, 3.8) is 0 Å². The molecule has 0 aromatic rings. The Bertz CT molecular complexity index is 1090. The van der Waals surface area contributed by atoms with Crippen molar-refractivity contribution in [1.82, 2.24) is 0 Å². The fraction of sp³-hybridized carbons (Fsp3) is 0.938. The molecular formula is C32H64F12O8Si5. The largest absolute Gasteiger partial charge is 0.436 e. The van der Waals surface area contributed by atoms with Gasteiger partial charge in [0.15, 0.2) is 16.6 Å². The van der Waals surface area contributed by atoms with Crippen molar-refractivity contribution in [2.45, 2.75) is 152 Å². The summed E-state index contributed by atoms with van der Waals surface area (Å²) in [5.74, 6) is 0. The van der Waals surface area contributed by atoms with Crippen LogP contribution in [0.5, 0.6) is 0 Å². The van der Waals surface area contributed by atoms with Gasteiger partial charge in [0.25, 0.3) is 0 Å². The molecule has 344 valence electrons. The van der Waals surface area contributed by atoms with Gasteiger partial charge in [0.05, 0.1) is 33.0 Å². The van der Waals surface area contributed by atoms with E-state index in [2.05, 4.69) is 6.58 Å². The van der Waals surface area contributed by atoms with Crippen LogP contribution in [0, 0.1) is 0 Å². The van der Waals surface area contributed by atoms with Gasteiger partial charge in [-0.2, -0.15) is 52.7 Å². The van der Waals surface area contributed by atoms with Gasteiger partial charge in [-0.25, -0.2) is 0 Å². The van der Waals surface area contributed by atoms with E-state index in [0.29, 0.717) is 38.5 Å². The second-order valence-corrected chi connectivity index (χ2v) is 34.6. The molecule has 0 amide bonds. The minimum atomic E-state index is -4.81. The lowest BCUT2D eigenvalue weighted by Gasteiger charge is -2.46. The average Bonchev–Trinajstić information content (AvgIpc) is 3.03. The van der Waals surface area contributed by atoms with Crippen LogP contribution >= 0.6 is 0 Å². The van der Waals surface area contributed by atoms with Crippen molar-refractivity contribution >= 4 is 42.3 Å². The first kappa shape index (κ1) is 58.8. The van der Waals surface area contributed by atoms with E-state index in [-0.39, 0.29) is 32.5 Å². The van der Waals surface area contributed by atoms with Gasteiger partial charge in [0.2, 0.25) is 0 Å². The minimum Gasteiger partial charge on any atom is -0.436 e. The van der Waals surface area contributed by atoms with Crippen LogP contribution in [0.2, 0.25) is 75.5 Å². The van der Waals surface area contributed by atoms with Gasteiger partial charge < -0.3 is 36.1 Å². The zero-order valence-electron chi connectivity index (χ0n) is 34.1. The Kier molecular flexibility index (Phi) is 27.0. The van der Waals surface area contributed by atoms with Crippen molar-refractivity contribution in [2.24, 2.45) is 0 Å². The molecule has 57 heavy (non-hydrogen) atoms. The second kappa shape index (κ2) is 26.2. The van der Waals surface area contributed by atoms with Crippen LogP contribution in [0.15, 0.2) is 12.7 Å². The zero-order chi connectivity index (χ0) is 44.9. The second-order valence-electron chi connectivity index (χ2n) is 15.1. The first-order chi connectivity index (χ1) is 25.7. The van der Waals surface area contributed by atoms with E-state index in [1.165, 1.54) is 13.1 Å². The van der Waals surface area contributed by atoms with E-state index in [0.717, 1.165) is 13.1 Å². The molecule has 4 atom stereocenters. The molecule has 0 aromatic carbocycles. The first-order valence-corrected chi connectivity index (χ1v) is 32.3. The number of aliphatic hydroxyl groups excluding tert-OH is 2. The monoisotopic (exact) mass is 944 g/mol. The molecule has 4 unspecified atom stereocenters. The molecule has 0 bridgehead atoms. The van der Waals surface area contributed by atoms with Crippen LogP contribution < -0.4 is 0 Å². The zero-order valence-corrected chi connectivity index (χ0v) is 39.1. The van der Waals surface area contributed by atoms with Gasteiger partial charge in [0, 0.05) is 32.3 Å². The van der Waals surface area contributed by atoms with Crippen molar-refractivity contribution in [3.8, 4) is 0 Å². The quantitative estimate of drug-likeness (QED) is 0.0331. The Morgan fingerprint density at radius 1 is 0.491 bits per heavy atom. The molecule has 0 saturated carbocycles. The molecule has 0 aliphatic carbocycles. The maximum Gasteiger partial charge on any atom is 0.389 e. The van der Waals surface area contributed by atoms with E-state index >= 15 is 0 Å². The molecule has 0 fully saturated rings. The Hall–Kier alpha value is -0.336. The maximum absolute atomic E-state index is 13.6. The molecular weight excluding hydrogens is 881 g/mol. The summed E-state index contributed by atoms with van der Waals surface area (Å²) in [7, 11) is -19.4. The summed E-state index contributed by atoms with van der Waals surface area (Å²) in [6.07, 6.45) is -21.7. The van der Waals surface area contributed by atoms with Crippen molar-refractivity contribution < 1.29 is 88.8 Å².